The maximum Gasteiger partial charge on any atom is 0.0412 e. The average molecular weight is 325 g/mol. The minimum absolute atomic E-state index is 0.713. The molecule has 3 heteroatoms. The molecule has 2 nitrogen and oxygen atoms in total. The molecule has 0 saturated heterocycles. The minimum atomic E-state index is 0.713. The normalized spacial score (nSPS) is 16.6. The zero-order valence-corrected chi connectivity index (χ0v) is 13.5. The van der Waals surface area contributed by atoms with Gasteiger partial charge in [-0.1, -0.05) is 41.3 Å². The molecule has 0 unspecified atom stereocenters. The van der Waals surface area contributed by atoms with E-state index in [1.54, 1.807) is 0 Å². The number of nitrogens with two attached hydrogens (primary N) is 1. The number of rotatable bonds is 5. The largest absolute Gasteiger partial charge is 0.369 e. The van der Waals surface area contributed by atoms with E-state index in [9.17, 15) is 0 Å². The molecule has 0 radical (unpaired) electrons. The van der Waals surface area contributed by atoms with E-state index in [1.807, 2.05) is 0 Å². The van der Waals surface area contributed by atoms with E-state index in [0.29, 0.717) is 6.04 Å². The fraction of sp³-hybridized carbons (Fsp3) is 0.625. The van der Waals surface area contributed by atoms with Crippen LogP contribution in [-0.4, -0.2) is 19.1 Å². The molecule has 2 N–H and O–H groups in total. The van der Waals surface area contributed by atoms with Crippen LogP contribution in [0, 0.1) is 0 Å². The second-order valence-corrected chi connectivity index (χ2v) is 6.31. The first-order valence-corrected chi connectivity index (χ1v) is 8.30. The monoisotopic (exact) mass is 324 g/mol. The van der Waals surface area contributed by atoms with Crippen LogP contribution in [0.15, 0.2) is 22.7 Å². The molecule has 0 spiro atoms. The van der Waals surface area contributed by atoms with Crippen molar-refractivity contribution in [2.45, 2.75) is 51.5 Å². The number of nitrogens with zero attached hydrogens (tertiary/aromatic N) is 1. The van der Waals surface area contributed by atoms with Crippen LogP contribution in [0.5, 0.6) is 0 Å². The van der Waals surface area contributed by atoms with Gasteiger partial charge in [-0.15, -0.1) is 0 Å². The molecule has 106 valence electrons. The maximum absolute atomic E-state index is 5.76. The molecule has 0 heterocycles. The molecule has 1 fully saturated rings. The molecule has 1 saturated carbocycles. The van der Waals surface area contributed by atoms with Gasteiger partial charge in [0.1, 0.15) is 0 Å². The Balaban J connectivity index is 2.27. The zero-order chi connectivity index (χ0) is 13.7. The number of hydrogen-bond donors (Lipinski definition) is 1. The summed E-state index contributed by atoms with van der Waals surface area (Å²) in [6, 6.07) is 7.33. The van der Waals surface area contributed by atoms with Gasteiger partial charge in [0.2, 0.25) is 0 Å². The van der Waals surface area contributed by atoms with Gasteiger partial charge >= 0.3 is 0 Å². The predicted molar refractivity (Wildman–Crippen MR) is 86.8 cm³/mol. The van der Waals surface area contributed by atoms with E-state index in [2.05, 4.69) is 46.0 Å². The first-order valence-electron chi connectivity index (χ1n) is 7.51. The average Bonchev–Trinajstić information content (AvgIpc) is 2.44. The third-order valence-electron chi connectivity index (χ3n) is 4.13. The van der Waals surface area contributed by atoms with Crippen LogP contribution in [0.1, 0.15) is 44.6 Å². The number of anilines is 1. The van der Waals surface area contributed by atoms with Gasteiger partial charge in [-0.3, -0.25) is 0 Å². The van der Waals surface area contributed by atoms with Crippen LogP contribution >= 0.6 is 15.9 Å². The Morgan fingerprint density at radius 2 is 2.00 bits per heavy atom. The first kappa shape index (κ1) is 14.9. The predicted octanol–water partition coefficient (Wildman–Crippen LogP) is 4.11. The molecular weight excluding hydrogens is 300 g/mol. The molecule has 19 heavy (non-hydrogen) atoms. The summed E-state index contributed by atoms with van der Waals surface area (Å²) >= 11 is 3.61. The summed E-state index contributed by atoms with van der Waals surface area (Å²) in [6.45, 7) is 4.07. The summed E-state index contributed by atoms with van der Waals surface area (Å²) in [5.41, 5.74) is 8.53. The van der Waals surface area contributed by atoms with Crippen molar-refractivity contribution in [3.8, 4) is 0 Å². The number of benzene rings is 1. The molecule has 0 aromatic heterocycles. The van der Waals surface area contributed by atoms with Crippen molar-refractivity contribution in [1.82, 2.24) is 0 Å². The molecule has 0 aliphatic heterocycles. The molecule has 1 aliphatic rings. The van der Waals surface area contributed by atoms with Crippen LogP contribution in [0.25, 0.3) is 0 Å². The van der Waals surface area contributed by atoms with Gasteiger partial charge in [0, 0.05) is 22.7 Å². The van der Waals surface area contributed by atoms with Gasteiger partial charge in [0.05, 0.1) is 0 Å². The van der Waals surface area contributed by atoms with Gasteiger partial charge < -0.3 is 10.6 Å². The van der Waals surface area contributed by atoms with E-state index in [-0.39, 0.29) is 0 Å². The van der Waals surface area contributed by atoms with Crippen molar-refractivity contribution in [3.63, 3.8) is 0 Å². The summed E-state index contributed by atoms with van der Waals surface area (Å²) in [6.07, 6.45) is 7.79. The summed E-state index contributed by atoms with van der Waals surface area (Å²) in [5.74, 6) is 0. The SMILES string of the molecule is CCN(c1cc(Br)ccc1CCN)C1CCCCC1. The zero-order valence-electron chi connectivity index (χ0n) is 11.9. The van der Waals surface area contributed by atoms with Crippen molar-refractivity contribution in [3.05, 3.63) is 28.2 Å². The van der Waals surface area contributed by atoms with Gasteiger partial charge in [-0.05, 0) is 50.4 Å². The van der Waals surface area contributed by atoms with Crippen LogP contribution in [0.4, 0.5) is 5.69 Å². The topological polar surface area (TPSA) is 29.3 Å². The molecule has 0 atom stereocenters. The van der Waals surface area contributed by atoms with Crippen LogP contribution in [0.2, 0.25) is 0 Å². The van der Waals surface area contributed by atoms with Crippen LogP contribution in [-0.2, 0) is 6.42 Å². The lowest BCUT2D eigenvalue weighted by Crippen LogP contribution is -2.37. The van der Waals surface area contributed by atoms with Gasteiger partial charge in [0.15, 0.2) is 0 Å². The summed E-state index contributed by atoms with van der Waals surface area (Å²) in [7, 11) is 0. The molecule has 1 aromatic rings. The highest BCUT2D eigenvalue weighted by molar-refractivity contribution is 9.10. The highest BCUT2D eigenvalue weighted by atomic mass is 79.9. The van der Waals surface area contributed by atoms with Crippen molar-refractivity contribution in [2.24, 2.45) is 5.73 Å². The second-order valence-electron chi connectivity index (χ2n) is 5.39. The molecule has 2 rings (SSSR count). The number of hydrogen-bond acceptors (Lipinski definition) is 2. The van der Waals surface area contributed by atoms with Crippen LogP contribution < -0.4 is 10.6 Å². The van der Waals surface area contributed by atoms with Gasteiger partial charge in [-0.2, -0.15) is 0 Å². The quantitative estimate of drug-likeness (QED) is 0.883. The Labute approximate surface area is 125 Å². The van der Waals surface area contributed by atoms with Crippen LogP contribution in [0.3, 0.4) is 0 Å². The van der Waals surface area contributed by atoms with E-state index >= 15 is 0 Å². The standard InChI is InChI=1S/C16H25BrN2/c1-2-19(15-6-4-3-5-7-15)16-12-14(17)9-8-13(16)10-11-18/h8-9,12,15H,2-7,10-11,18H2,1H3. The fourth-order valence-electron chi connectivity index (χ4n) is 3.19. The van der Waals surface area contributed by atoms with E-state index < -0.39 is 0 Å². The second kappa shape index (κ2) is 7.30. The summed E-state index contributed by atoms with van der Waals surface area (Å²) in [4.78, 5) is 2.59. The van der Waals surface area contributed by atoms with Crippen molar-refractivity contribution < 1.29 is 0 Å². The number of halogens is 1. The van der Waals surface area contributed by atoms with E-state index in [1.165, 1.54) is 43.4 Å². The highest BCUT2D eigenvalue weighted by Gasteiger charge is 2.22. The first-order chi connectivity index (χ1) is 9.26. The van der Waals surface area contributed by atoms with Crippen molar-refractivity contribution in [2.75, 3.05) is 18.0 Å². The van der Waals surface area contributed by atoms with Gasteiger partial charge in [-0.25, -0.2) is 0 Å². The molecule has 1 aliphatic carbocycles. The van der Waals surface area contributed by atoms with E-state index in [0.717, 1.165) is 24.0 Å². The molecule has 0 bridgehead atoms. The lowest BCUT2D eigenvalue weighted by atomic mass is 9.93. The Morgan fingerprint density at radius 1 is 1.26 bits per heavy atom. The smallest absolute Gasteiger partial charge is 0.0412 e. The maximum atomic E-state index is 5.76. The summed E-state index contributed by atoms with van der Waals surface area (Å²) < 4.78 is 1.16. The lowest BCUT2D eigenvalue weighted by Gasteiger charge is -2.36. The Kier molecular flexibility index (Phi) is 5.71. The lowest BCUT2D eigenvalue weighted by molar-refractivity contribution is 0.417. The van der Waals surface area contributed by atoms with Gasteiger partial charge in [0.25, 0.3) is 0 Å². The third kappa shape index (κ3) is 3.73. The minimum Gasteiger partial charge on any atom is -0.369 e. The fourth-order valence-corrected chi connectivity index (χ4v) is 3.54. The van der Waals surface area contributed by atoms with E-state index in [4.69, 9.17) is 5.73 Å². The molecule has 1 aromatic carbocycles. The molecule has 0 amide bonds. The van der Waals surface area contributed by atoms with Crippen molar-refractivity contribution in [1.29, 1.82) is 0 Å². The summed E-state index contributed by atoms with van der Waals surface area (Å²) in [5, 5.41) is 0. The highest BCUT2D eigenvalue weighted by Crippen LogP contribution is 2.31. The third-order valence-corrected chi connectivity index (χ3v) is 4.62. The Morgan fingerprint density at radius 3 is 2.63 bits per heavy atom. The Hall–Kier alpha value is -0.540. The molecular formula is C16H25BrN2. The Bertz CT molecular complexity index is 400. The van der Waals surface area contributed by atoms with Crippen molar-refractivity contribution >= 4 is 21.6 Å².